The Labute approximate surface area is 158 Å². The molecule has 0 saturated carbocycles. The number of benzene rings is 1. The fraction of sp³-hybridized carbons (Fsp3) is 0.579. The van der Waals surface area contributed by atoms with Gasteiger partial charge in [0.25, 0.3) is 0 Å². The number of amides is 2. The van der Waals surface area contributed by atoms with Crippen molar-refractivity contribution in [2.75, 3.05) is 45.4 Å². The summed E-state index contributed by atoms with van der Waals surface area (Å²) in [4.78, 5) is 27.4. The quantitative estimate of drug-likeness (QED) is 0.756. The first-order valence-electron chi connectivity index (χ1n) is 9.16. The molecular formula is C19H27N3O5. The maximum atomic E-state index is 12.9. The molecule has 0 aliphatic carbocycles. The molecule has 0 spiro atoms. The SMILES string of the molecule is COc1cc(OC)cc(N2CCC(NC(=O)C3(CN)CCOCC3)C2=O)c1. The Kier molecular flexibility index (Phi) is 5.86. The molecule has 2 fully saturated rings. The topological polar surface area (TPSA) is 103 Å². The average Bonchev–Trinajstić information content (AvgIpc) is 3.08. The highest BCUT2D eigenvalue weighted by Crippen LogP contribution is 2.32. The van der Waals surface area contributed by atoms with E-state index < -0.39 is 11.5 Å². The number of anilines is 1. The highest BCUT2D eigenvalue weighted by Gasteiger charge is 2.42. The summed E-state index contributed by atoms with van der Waals surface area (Å²) < 4.78 is 15.9. The van der Waals surface area contributed by atoms with Gasteiger partial charge in [0.15, 0.2) is 0 Å². The van der Waals surface area contributed by atoms with Crippen LogP contribution >= 0.6 is 0 Å². The maximum absolute atomic E-state index is 12.9. The summed E-state index contributed by atoms with van der Waals surface area (Å²) in [7, 11) is 3.13. The van der Waals surface area contributed by atoms with Crippen LogP contribution in [0, 0.1) is 5.41 Å². The molecule has 1 atom stereocenters. The van der Waals surface area contributed by atoms with E-state index in [9.17, 15) is 9.59 Å². The van der Waals surface area contributed by atoms with Crippen LogP contribution in [0.15, 0.2) is 18.2 Å². The van der Waals surface area contributed by atoms with E-state index >= 15 is 0 Å². The minimum atomic E-state index is -0.648. The molecular weight excluding hydrogens is 350 g/mol. The third-order valence-corrected chi connectivity index (χ3v) is 5.48. The van der Waals surface area contributed by atoms with E-state index in [1.807, 2.05) is 0 Å². The summed E-state index contributed by atoms with van der Waals surface area (Å²) in [6.07, 6.45) is 1.70. The van der Waals surface area contributed by atoms with Crippen LogP contribution in [-0.4, -0.2) is 58.4 Å². The third-order valence-electron chi connectivity index (χ3n) is 5.48. The van der Waals surface area contributed by atoms with Crippen molar-refractivity contribution in [2.24, 2.45) is 11.1 Å². The second-order valence-corrected chi connectivity index (χ2v) is 6.97. The van der Waals surface area contributed by atoms with E-state index in [2.05, 4.69) is 5.32 Å². The number of hydrogen-bond donors (Lipinski definition) is 2. The number of hydrogen-bond acceptors (Lipinski definition) is 6. The molecule has 0 aromatic heterocycles. The molecule has 0 radical (unpaired) electrons. The van der Waals surface area contributed by atoms with Crippen molar-refractivity contribution < 1.29 is 23.8 Å². The second kappa shape index (κ2) is 8.14. The number of rotatable bonds is 6. The molecule has 1 aromatic rings. The minimum absolute atomic E-state index is 0.141. The van der Waals surface area contributed by atoms with E-state index in [-0.39, 0.29) is 18.4 Å². The van der Waals surface area contributed by atoms with E-state index in [4.69, 9.17) is 19.9 Å². The fourth-order valence-corrected chi connectivity index (χ4v) is 3.62. The number of carbonyl (C=O) groups is 2. The summed E-state index contributed by atoms with van der Waals surface area (Å²) in [6, 6.07) is 4.76. The Morgan fingerprint density at radius 3 is 2.44 bits per heavy atom. The lowest BCUT2D eigenvalue weighted by Crippen LogP contribution is -2.53. The highest BCUT2D eigenvalue weighted by molar-refractivity contribution is 6.02. The number of nitrogens with zero attached hydrogens (tertiary/aromatic N) is 1. The van der Waals surface area contributed by atoms with Crippen LogP contribution in [0.4, 0.5) is 5.69 Å². The molecule has 8 nitrogen and oxygen atoms in total. The van der Waals surface area contributed by atoms with E-state index in [0.717, 1.165) is 0 Å². The maximum Gasteiger partial charge on any atom is 0.249 e. The first kappa shape index (κ1) is 19.4. The molecule has 2 aliphatic heterocycles. The normalized spacial score (nSPS) is 21.8. The van der Waals surface area contributed by atoms with Crippen LogP contribution in [-0.2, 0) is 14.3 Å². The van der Waals surface area contributed by atoms with E-state index in [0.29, 0.717) is 56.2 Å². The molecule has 3 rings (SSSR count). The number of carbonyl (C=O) groups excluding carboxylic acids is 2. The average molecular weight is 377 g/mol. The predicted octanol–water partition coefficient (Wildman–Crippen LogP) is 0.681. The van der Waals surface area contributed by atoms with Crippen molar-refractivity contribution in [3.8, 4) is 11.5 Å². The largest absolute Gasteiger partial charge is 0.497 e. The minimum Gasteiger partial charge on any atom is -0.497 e. The fourth-order valence-electron chi connectivity index (χ4n) is 3.62. The first-order chi connectivity index (χ1) is 13.0. The van der Waals surface area contributed by atoms with Crippen molar-refractivity contribution in [2.45, 2.75) is 25.3 Å². The summed E-state index contributed by atoms with van der Waals surface area (Å²) in [6.45, 7) is 1.79. The van der Waals surface area contributed by atoms with Crippen LogP contribution in [0.3, 0.4) is 0 Å². The van der Waals surface area contributed by atoms with Gasteiger partial charge in [-0.25, -0.2) is 0 Å². The Hall–Kier alpha value is -2.32. The molecule has 1 unspecified atom stereocenters. The zero-order valence-electron chi connectivity index (χ0n) is 15.8. The lowest BCUT2D eigenvalue weighted by Gasteiger charge is -2.35. The predicted molar refractivity (Wildman–Crippen MR) is 100.0 cm³/mol. The van der Waals surface area contributed by atoms with Crippen molar-refractivity contribution in [1.82, 2.24) is 5.32 Å². The smallest absolute Gasteiger partial charge is 0.249 e. The van der Waals surface area contributed by atoms with Crippen LogP contribution in [0.1, 0.15) is 19.3 Å². The molecule has 2 heterocycles. The lowest BCUT2D eigenvalue weighted by molar-refractivity contribution is -0.138. The highest BCUT2D eigenvalue weighted by atomic mass is 16.5. The lowest BCUT2D eigenvalue weighted by atomic mass is 9.79. The Bertz CT molecular complexity index is 680. The van der Waals surface area contributed by atoms with Gasteiger partial charge < -0.3 is 30.2 Å². The van der Waals surface area contributed by atoms with Crippen LogP contribution < -0.4 is 25.4 Å². The number of nitrogens with two attached hydrogens (primary N) is 1. The molecule has 2 saturated heterocycles. The van der Waals surface area contributed by atoms with Crippen LogP contribution in [0.25, 0.3) is 0 Å². The van der Waals surface area contributed by atoms with Gasteiger partial charge in [-0.15, -0.1) is 0 Å². The summed E-state index contributed by atoms with van der Waals surface area (Å²) in [5, 5.41) is 2.92. The van der Waals surface area contributed by atoms with Crippen LogP contribution in [0.5, 0.6) is 11.5 Å². The van der Waals surface area contributed by atoms with Gasteiger partial charge in [-0.3, -0.25) is 9.59 Å². The standard InChI is InChI=1S/C19H27N3O5/c1-25-14-9-13(10-15(11-14)26-2)22-6-3-16(17(22)23)21-18(24)19(12-20)4-7-27-8-5-19/h9-11,16H,3-8,12,20H2,1-2H3,(H,21,24). The van der Waals surface area contributed by atoms with Gasteiger partial charge in [0.1, 0.15) is 17.5 Å². The van der Waals surface area contributed by atoms with Gasteiger partial charge in [0, 0.05) is 44.5 Å². The molecule has 8 heteroatoms. The Morgan fingerprint density at radius 1 is 1.26 bits per heavy atom. The van der Waals surface area contributed by atoms with Crippen molar-refractivity contribution in [3.63, 3.8) is 0 Å². The molecule has 2 amide bonds. The van der Waals surface area contributed by atoms with Crippen molar-refractivity contribution in [1.29, 1.82) is 0 Å². The summed E-state index contributed by atoms with van der Waals surface area (Å²) in [5.74, 6) is 0.914. The molecule has 3 N–H and O–H groups in total. The van der Waals surface area contributed by atoms with Gasteiger partial charge in [0.2, 0.25) is 11.8 Å². The zero-order valence-corrected chi connectivity index (χ0v) is 15.8. The van der Waals surface area contributed by atoms with Gasteiger partial charge in [-0.2, -0.15) is 0 Å². The number of ether oxygens (including phenoxy) is 3. The Balaban J connectivity index is 1.72. The molecule has 27 heavy (non-hydrogen) atoms. The van der Waals surface area contributed by atoms with Gasteiger partial charge in [-0.05, 0) is 19.3 Å². The van der Waals surface area contributed by atoms with E-state index in [1.54, 1.807) is 37.3 Å². The summed E-state index contributed by atoms with van der Waals surface area (Å²) >= 11 is 0. The van der Waals surface area contributed by atoms with Gasteiger partial charge in [-0.1, -0.05) is 0 Å². The first-order valence-corrected chi connectivity index (χ1v) is 9.16. The van der Waals surface area contributed by atoms with Crippen molar-refractivity contribution in [3.05, 3.63) is 18.2 Å². The molecule has 2 aliphatic rings. The summed E-state index contributed by atoms with van der Waals surface area (Å²) in [5.41, 5.74) is 5.93. The number of nitrogens with one attached hydrogen (secondary N) is 1. The van der Waals surface area contributed by atoms with E-state index in [1.165, 1.54) is 0 Å². The van der Waals surface area contributed by atoms with Crippen molar-refractivity contribution >= 4 is 17.5 Å². The van der Waals surface area contributed by atoms with Gasteiger partial charge in [0.05, 0.1) is 25.3 Å². The Morgan fingerprint density at radius 2 is 1.89 bits per heavy atom. The van der Waals surface area contributed by atoms with Gasteiger partial charge >= 0.3 is 0 Å². The monoisotopic (exact) mass is 377 g/mol. The van der Waals surface area contributed by atoms with Crippen LogP contribution in [0.2, 0.25) is 0 Å². The zero-order chi connectivity index (χ0) is 19.4. The second-order valence-electron chi connectivity index (χ2n) is 6.97. The third kappa shape index (κ3) is 3.86. The molecule has 0 bridgehead atoms. The molecule has 1 aromatic carbocycles. The molecule has 148 valence electrons. The number of methoxy groups -OCH3 is 2.